The second-order valence-electron chi connectivity index (χ2n) is 5.63. The Morgan fingerprint density at radius 1 is 1.38 bits per heavy atom. The molecular weight excluding hydrogens is 344 g/mol. The van der Waals surface area contributed by atoms with E-state index in [1.165, 1.54) is 5.57 Å². The summed E-state index contributed by atoms with van der Waals surface area (Å²) in [7, 11) is 0. The van der Waals surface area contributed by atoms with Crippen LogP contribution in [-0.2, 0) is 9.53 Å². The molecule has 0 atom stereocenters. The van der Waals surface area contributed by atoms with Crippen LogP contribution in [0, 0.1) is 0 Å². The van der Waals surface area contributed by atoms with E-state index in [9.17, 15) is 4.79 Å². The van der Waals surface area contributed by atoms with Gasteiger partial charge < -0.3 is 10.1 Å². The van der Waals surface area contributed by atoms with Crippen LogP contribution >= 0.6 is 12.6 Å². The summed E-state index contributed by atoms with van der Waals surface area (Å²) in [6.45, 7) is 3.16. The second-order valence-corrected chi connectivity index (χ2v) is 6.12. The molecule has 1 aliphatic rings. The van der Waals surface area contributed by atoms with Crippen molar-refractivity contribution < 1.29 is 9.53 Å². The number of nitrogens with zero attached hydrogens (tertiary/aromatic N) is 1. The van der Waals surface area contributed by atoms with Crippen LogP contribution < -0.4 is 5.32 Å². The number of ether oxygens (including phenoxy) is 1. The Bertz CT molecular complexity index is 747. The zero-order chi connectivity index (χ0) is 18.6. The zero-order valence-electron chi connectivity index (χ0n) is 14.9. The van der Waals surface area contributed by atoms with Crippen molar-refractivity contribution in [3.05, 3.63) is 82.8 Å². The maximum atomic E-state index is 12.1. The van der Waals surface area contributed by atoms with Gasteiger partial charge in [0.15, 0.2) is 0 Å². The number of amides is 1. The standard InChI is InChI=1S/C21H24N2O2S/c1-2-25-19-8-4-3-6-18(16-19)12-15-23-21(24)20(26)9-5-7-17-10-13-22-14-11-17/h3-5,7-11,13-14,16,26H,2,6,12,15H2,1H3,(H,23,24)/b7-5+,20-9-. The number of allylic oxidation sites excluding steroid dienone is 6. The van der Waals surface area contributed by atoms with E-state index >= 15 is 0 Å². The van der Waals surface area contributed by atoms with E-state index in [-0.39, 0.29) is 5.91 Å². The summed E-state index contributed by atoms with van der Waals surface area (Å²) in [5.74, 6) is 0.677. The van der Waals surface area contributed by atoms with Crippen LogP contribution in [0.15, 0.2) is 77.2 Å². The molecule has 5 heteroatoms. The Morgan fingerprint density at radius 2 is 2.19 bits per heavy atom. The fourth-order valence-corrected chi connectivity index (χ4v) is 2.51. The predicted octanol–water partition coefficient (Wildman–Crippen LogP) is 4.22. The lowest BCUT2D eigenvalue weighted by Crippen LogP contribution is -2.24. The lowest BCUT2D eigenvalue weighted by molar-refractivity contribution is -0.116. The molecule has 1 aromatic rings. The fraction of sp³-hybridized carbons (Fsp3) is 0.238. The molecule has 1 heterocycles. The fourth-order valence-electron chi connectivity index (χ4n) is 2.35. The largest absolute Gasteiger partial charge is 0.494 e. The van der Waals surface area contributed by atoms with E-state index in [2.05, 4.69) is 29.0 Å². The van der Waals surface area contributed by atoms with Gasteiger partial charge in [0.05, 0.1) is 11.5 Å². The Morgan fingerprint density at radius 3 is 2.96 bits per heavy atom. The molecule has 2 rings (SSSR count). The second kappa shape index (κ2) is 11.2. The highest BCUT2D eigenvalue weighted by Gasteiger charge is 2.06. The molecule has 0 unspecified atom stereocenters. The van der Waals surface area contributed by atoms with Crippen molar-refractivity contribution in [3.63, 3.8) is 0 Å². The van der Waals surface area contributed by atoms with Gasteiger partial charge in [0.1, 0.15) is 5.76 Å². The van der Waals surface area contributed by atoms with Crippen LogP contribution in [0.3, 0.4) is 0 Å². The number of hydrogen-bond donors (Lipinski definition) is 2. The average Bonchev–Trinajstić information content (AvgIpc) is 2.88. The smallest absolute Gasteiger partial charge is 0.257 e. The maximum Gasteiger partial charge on any atom is 0.257 e. The highest BCUT2D eigenvalue weighted by molar-refractivity contribution is 7.85. The highest BCUT2D eigenvalue weighted by atomic mass is 32.1. The third-order valence-corrected chi connectivity index (χ3v) is 4.00. The van der Waals surface area contributed by atoms with Crippen LogP contribution in [0.4, 0.5) is 0 Å². The third-order valence-electron chi connectivity index (χ3n) is 3.65. The van der Waals surface area contributed by atoms with Gasteiger partial charge in [0.2, 0.25) is 0 Å². The third kappa shape index (κ3) is 7.15. The molecule has 0 radical (unpaired) electrons. The van der Waals surface area contributed by atoms with Gasteiger partial charge in [-0.3, -0.25) is 9.78 Å². The van der Waals surface area contributed by atoms with Crippen LogP contribution in [0.2, 0.25) is 0 Å². The molecule has 1 N–H and O–H groups in total. The van der Waals surface area contributed by atoms with Crippen molar-refractivity contribution in [2.75, 3.05) is 13.2 Å². The molecule has 0 bridgehead atoms. The minimum atomic E-state index is -0.182. The van der Waals surface area contributed by atoms with Crippen molar-refractivity contribution in [3.8, 4) is 0 Å². The lowest BCUT2D eigenvalue weighted by atomic mass is 10.1. The Kier molecular flexibility index (Phi) is 8.49. The summed E-state index contributed by atoms with van der Waals surface area (Å²) >= 11 is 4.26. The van der Waals surface area contributed by atoms with Crippen molar-refractivity contribution in [2.45, 2.75) is 19.8 Å². The van der Waals surface area contributed by atoms with Crippen LogP contribution in [-0.4, -0.2) is 24.0 Å². The summed E-state index contributed by atoms with van der Waals surface area (Å²) in [5.41, 5.74) is 2.24. The molecule has 0 saturated carbocycles. The molecule has 0 saturated heterocycles. The zero-order valence-corrected chi connectivity index (χ0v) is 15.8. The molecule has 1 aromatic heterocycles. The molecule has 26 heavy (non-hydrogen) atoms. The van der Waals surface area contributed by atoms with Crippen LogP contribution in [0.25, 0.3) is 6.08 Å². The Hall–Kier alpha value is -2.53. The van der Waals surface area contributed by atoms with Crippen molar-refractivity contribution >= 4 is 24.6 Å². The minimum Gasteiger partial charge on any atom is -0.494 e. The molecule has 0 spiro atoms. The summed E-state index contributed by atoms with van der Waals surface area (Å²) in [6.07, 6.45) is 18.6. The predicted molar refractivity (Wildman–Crippen MR) is 110 cm³/mol. The number of carbonyl (C=O) groups excluding carboxylic acids is 1. The molecular formula is C21H24N2O2S. The van der Waals surface area contributed by atoms with Gasteiger partial charge in [-0.25, -0.2) is 0 Å². The van der Waals surface area contributed by atoms with E-state index in [0.717, 1.165) is 24.2 Å². The van der Waals surface area contributed by atoms with Gasteiger partial charge in [-0.1, -0.05) is 29.9 Å². The number of thiol groups is 1. The molecule has 136 valence electrons. The monoisotopic (exact) mass is 368 g/mol. The quantitative estimate of drug-likeness (QED) is 0.410. The Labute approximate surface area is 160 Å². The highest BCUT2D eigenvalue weighted by Crippen LogP contribution is 2.16. The number of aromatic nitrogens is 1. The summed E-state index contributed by atoms with van der Waals surface area (Å²) in [5, 5.41) is 2.89. The SMILES string of the molecule is CCOC1=CC=CCC(CCNC(=O)/C(S)=C/C=C/c2ccncc2)=C1. The number of hydrogen-bond acceptors (Lipinski definition) is 4. The van der Waals surface area contributed by atoms with E-state index in [1.807, 2.05) is 43.4 Å². The molecule has 4 nitrogen and oxygen atoms in total. The maximum absolute atomic E-state index is 12.1. The van der Waals surface area contributed by atoms with Crippen LogP contribution in [0.5, 0.6) is 0 Å². The van der Waals surface area contributed by atoms with Gasteiger partial charge in [0, 0.05) is 18.9 Å². The molecule has 0 aliphatic heterocycles. The number of carbonyl (C=O) groups is 1. The number of nitrogens with one attached hydrogen (secondary N) is 1. The summed E-state index contributed by atoms with van der Waals surface area (Å²) in [4.78, 5) is 16.4. The summed E-state index contributed by atoms with van der Waals surface area (Å²) < 4.78 is 5.55. The number of rotatable bonds is 8. The molecule has 0 fully saturated rings. The average molecular weight is 369 g/mol. The van der Waals surface area contributed by atoms with E-state index < -0.39 is 0 Å². The first-order valence-electron chi connectivity index (χ1n) is 8.63. The number of pyridine rings is 1. The normalized spacial score (nSPS) is 14.6. The minimum absolute atomic E-state index is 0.182. The topological polar surface area (TPSA) is 51.2 Å². The summed E-state index contributed by atoms with van der Waals surface area (Å²) in [6, 6.07) is 3.78. The van der Waals surface area contributed by atoms with Gasteiger partial charge in [-0.15, -0.1) is 12.6 Å². The van der Waals surface area contributed by atoms with Gasteiger partial charge in [-0.05, 0) is 55.7 Å². The van der Waals surface area contributed by atoms with Gasteiger partial charge >= 0.3 is 0 Å². The first kappa shape index (κ1) is 19.8. The molecule has 1 aliphatic carbocycles. The van der Waals surface area contributed by atoms with Gasteiger partial charge in [-0.2, -0.15) is 0 Å². The van der Waals surface area contributed by atoms with E-state index in [0.29, 0.717) is 18.1 Å². The van der Waals surface area contributed by atoms with Crippen molar-refractivity contribution in [2.24, 2.45) is 0 Å². The Balaban J connectivity index is 1.80. The van der Waals surface area contributed by atoms with E-state index in [1.54, 1.807) is 24.5 Å². The first-order valence-corrected chi connectivity index (χ1v) is 9.08. The van der Waals surface area contributed by atoms with Crippen LogP contribution in [0.1, 0.15) is 25.3 Å². The molecule has 1 amide bonds. The van der Waals surface area contributed by atoms with Crippen molar-refractivity contribution in [1.29, 1.82) is 0 Å². The molecule has 0 aromatic carbocycles. The van der Waals surface area contributed by atoms with Gasteiger partial charge in [0.25, 0.3) is 5.91 Å². The van der Waals surface area contributed by atoms with E-state index in [4.69, 9.17) is 4.74 Å². The van der Waals surface area contributed by atoms with Crippen molar-refractivity contribution in [1.82, 2.24) is 10.3 Å². The first-order chi connectivity index (χ1) is 12.7. The lowest BCUT2D eigenvalue weighted by Gasteiger charge is -2.08.